The fourth-order valence-electron chi connectivity index (χ4n) is 4.57. The van der Waals surface area contributed by atoms with E-state index >= 15 is 0 Å². The number of amides is 1. The number of allylic oxidation sites excluding steroid dienone is 2. The molecule has 5 atom stereocenters. The minimum atomic E-state index is -0.600. The summed E-state index contributed by atoms with van der Waals surface area (Å²) in [6, 6.07) is 4.63. The second kappa shape index (κ2) is 15.6. The highest BCUT2D eigenvalue weighted by Crippen LogP contribution is 2.36. The average molecular weight is 490 g/mol. The number of benzene rings is 1. The number of unbranched alkanes of at least 4 members (excludes halogenated alkanes) is 3. The van der Waals surface area contributed by atoms with Crippen molar-refractivity contribution in [1.29, 1.82) is 0 Å². The molecule has 0 aromatic heterocycles. The topological polar surface area (TPSA) is 130 Å². The van der Waals surface area contributed by atoms with Gasteiger partial charge in [0.25, 0.3) is 0 Å². The SMILES string of the molecule is CCCCC[C@H](O)C=C[C@@H]1[C@@H](CC=CCCCC(=O)NCCc2ccc(O)c(O)c2)[C@@H](O)C[C@H]1O. The Morgan fingerprint density at radius 1 is 1.11 bits per heavy atom. The van der Waals surface area contributed by atoms with E-state index in [9.17, 15) is 30.3 Å². The molecule has 0 radical (unpaired) electrons. The van der Waals surface area contributed by atoms with Gasteiger partial charge in [-0.25, -0.2) is 0 Å². The molecule has 0 unspecified atom stereocenters. The molecular formula is C28H43NO6. The first-order valence-electron chi connectivity index (χ1n) is 13.0. The Hall–Kier alpha value is -2.35. The second-order valence-electron chi connectivity index (χ2n) is 9.58. The van der Waals surface area contributed by atoms with E-state index in [1.807, 2.05) is 18.2 Å². The van der Waals surface area contributed by atoms with Crippen LogP contribution in [0.2, 0.25) is 0 Å². The molecule has 1 aromatic carbocycles. The molecule has 1 aliphatic carbocycles. The predicted octanol–water partition coefficient (Wildman–Crippen LogP) is 3.73. The monoisotopic (exact) mass is 489 g/mol. The lowest BCUT2D eigenvalue weighted by atomic mass is 9.89. The molecule has 196 valence electrons. The van der Waals surface area contributed by atoms with E-state index in [1.54, 1.807) is 12.1 Å². The van der Waals surface area contributed by atoms with Gasteiger partial charge in [0.05, 0.1) is 18.3 Å². The second-order valence-corrected chi connectivity index (χ2v) is 9.58. The van der Waals surface area contributed by atoms with Gasteiger partial charge >= 0.3 is 0 Å². The zero-order valence-electron chi connectivity index (χ0n) is 20.9. The lowest BCUT2D eigenvalue weighted by Crippen LogP contribution is -2.25. The molecule has 0 aliphatic heterocycles. The van der Waals surface area contributed by atoms with Gasteiger partial charge in [0.15, 0.2) is 11.5 Å². The Morgan fingerprint density at radius 2 is 1.91 bits per heavy atom. The number of hydrogen-bond acceptors (Lipinski definition) is 6. The number of phenols is 2. The number of phenolic OH excluding ortho intramolecular Hbond substituents is 2. The van der Waals surface area contributed by atoms with Gasteiger partial charge in [-0.3, -0.25) is 4.79 Å². The Kier molecular flexibility index (Phi) is 12.9. The lowest BCUT2D eigenvalue weighted by Gasteiger charge is -2.19. The molecule has 6 N–H and O–H groups in total. The first-order valence-corrected chi connectivity index (χ1v) is 13.0. The van der Waals surface area contributed by atoms with Crippen LogP contribution in [0, 0.1) is 11.8 Å². The van der Waals surface area contributed by atoms with Crippen molar-refractivity contribution >= 4 is 5.91 Å². The van der Waals surface area contributed by atoms with Gasteiger partial charge in [-0.05, 0) is 55.7 Å². The van der Waals surface area contributed by atoms with E-state index in [2.05, 4.69) is 12.2 Å². The number of aliphatic hydroxyl groups is 3. The van der Waals surface area contributed by atoms with Crippen LogP contribution >= 0.6 is 0 Å². The highest BCUT2D eigenvalue weighted by molar-refractivity contribution is 5.75. The van der Waals surface area contributed by atoms with Crippen LogP contribution in [-0.2, 0) is 11.2 Å². The fourth-order valence-corrected chi connectivity index (χ4v) is 4.57. The van der Waals surface area contributed by atoms with Crippen molar-refractivity contribution in [2.45, 2.75) is 89.4 Å². The first-order chi connectivity index (χ1) is 16.8. The maximum absolute atomic E-state index is 12.0. The van der Waals surface area contributed by atoms with Gasteiger partial charge in [0.2, 0.25) is 5.91 Å². The number of aliphatic hydroxyl groups excluding tert-OH is 3. The summed E-state index contributed by atoms with van der Waals surface area (Å²) in [5, 5.41) is 52.5. The maximum atomic E-state index is 12.0. The average Bonchev–Trinajstić information content (AvgIpc) is 3.09. The Bertz CT molecular complexity index is 824. The van der Waals surface area contributed by atoms with Crippen molar-refractivity contribution in [3.8, 4) is 11.5 Å². The van der Waals surface area contributed by atoms with Crippen LogP contribution in [0.25, 0.3) is 0 Å². The Morgan fingerprint density at radius 3 is 2.66 bits per heavy atom. The van der Waals surface area contributed by atoms with E-state index in [1.165, 1.54) is 12.1 Å². The van der Waals surface area contributed by atoms with Crippen LogP contribution in [0.1, 0.15) is 70.3 Å². The molecule has 0 bridgehead atoms. The molecule has 35 heavy (non-hydrogen) atoms. The zero-order chi connectivity index (χ0) is 25.6. The summed E-state index contributed by atoms with van der Waals surface area (Å²) in [5.41, 5.74) is 0.835. The molecule has 1 fully saturated rings. The third-order valence-corrected chi connectivity index (χ3v) is 6.70. The summed E-state index contributed by atoms with van der Waals surface area (Å²) in [6.45, 7) is 2.59. The standard InChI is InChI=1S/C28H43NO6/c1-2-3-6-9-21(30)13-14-23-22(25(32)19-26(23)33)10-7-4-5-8-11-28(35)29-17-16-20-12-15-24(31)27(34)18-20/h4,7,12-15,18,21-23,25-26,30-34H,2-3,5-6,8-11,16-17,19H2,1H3,(H,29,35)/t21-,22+,23+,25-,26+/m0/s1. The van der Waals surface area contributed by atoms with E-state index in [0.717, 1.165) is 31.2 Å². The van der Waals surface area contributed by atoms with Crippen LogP contribution in [0.4, 0.5) is 0 Å². The molecule has 1 aliphatic rings. The largest absolute Gasteiger partial charge is 0.504 e. The summed E-state index contributed by atoms with van der Waals surface area (Å²) >= 11 is 0. The van der Waals surface area contributed by atoms with Crippen molar-refractivity contribution in [2.24, 2.45) is 11.8 Å². The minimum Gasteiger partial charge on any atom is -0.504 e. The highest BCUT2D eigenvalue weighted by Gasteiger charge is 2.39. The van der Waals surface area contributed by atoms with Crippen LogP contribution in [0.15, 0.2) is 42.5 Å². The van der Waals surface area contributed by atoms with Gasteiger partial charge in [-0.15, -0.1) is 0 Å². The van der Waals surface area contributed by atoms with E-state index in [4.69, 9.17) is 0 Å². The van der Waals surface area contributed by atoms with Crippen molar-refractivity contribution in [3.05, 3.63) is 48.1 Å². The number of nitrogens with one attached hydrogen (secondary N) is 1. The number of carbonyl (C=O) groups is 1. The van der Waals surface area contributed by atoms with Gasteiger partial charge in [-0.2, -0.15) is 0 Å². The predicted molar refractivity (Wildman–Crippen MR) is 137 cm³/mol. The van der Waals surface area contributed by atoms with Crippen LogP contribution < -0.4 is 5.32 Å². The maximum Gasteiger partial charge on any atom is 0.220 e. The van der Waals surface area contributed by atoms with E-state index in [0.29, 0.717) is 45.1 Å². The number of aromatic hydroxyl groups is 2. The molecule has 0 spiro atoms. The van der Waals surface area contributed by atoms with Crippen molar-refractivity contribution in [1.82, 2.24) is 5.32 Å². The molecule has 1 aromatic rings. The van der Waals surface area contributed by atoms with Crippen LogP contribution in [-0.4, -0.2) is 56.3 Å². The molecule has 1 amide bonds. The Balaban J connectivity index is 1.65. The quantitative estimate of drug-likeness (QED) is 0.126. The van der Waals surface area contributed by atoms with Crippen LogP contribution in [0.3, 0.4) is 0 Å². The molecular weight excluding hydrogens is 446 g/mol. The first kappa shape index (κ1) is 28.9. The molecule has 7 nitrogen and oxygen atoms in total. The molecule has 7 heteroatoms. The van der Waals surface area contributed by atoms with Crippen molar-refractivity contribution < 1.29 is 30.3 Å². The van der Waals surface area contributed by atoms with Gasteiger partial charge < -0.3 is 30.8 Å². The summed E-state index contributed by atoms with van der Waals surface area (Å²) in [6.07, 6.45) is 13.3. The number of carbonyl (C=O) groups excluding carboxylic acids is 1. The zero-order valence-corrected chi connectivity index (χ0v) is 20.9. The van der Waals surface area contributed by atoms with Gasteiger partial charge in [0.1, 0.15) is 0 Å². The smallest absolute Gasteiger partial charge is 0.220 e. The highest BCUT2D eigenvalue weighted by atomic mass is 16.3. The molecule has 0 heterocycles. The van der Waals surface area contributed by atoms with Crippen molar-refractivity contribution in [3.63, 3.8) is 0 Å². The molecule has 0 saturated heterocycles. The Labute approximate surface area is 209 Å². The third-order valence-electron chi connectivity index (χ3n) is 6.70. The summed E-state index contributed by atoms with van der Waals surface area (Å²) in [7, 11) is 0. The third kappa shape index (κ3) is 10.4. The number of hydrogen-bond donors (Lipinski definition) is 6. The lowest BCUT2D eigenvalue weighted by molar-refractivity contribution is -0.121. The number of rotatable bonds is 15. The molecule has 2 rings (SSSR count). The van der Waals surface area contributed by atoms with Crippen LogP contribution in [0.5, 0.6) is 11.5 Å². The fraction of sp³-hybridized carbons (Fsp3) is 0.607. The normalized spacial score (nSPS) is 23.3. The molecule has 1 saturated carbocycles. The summed E-state index contributed by atoms with van der Waals surface area (Å²) in [4.78, 5) is 12.0. The van der Waals surface area contributed by atoms with E-state index < -0.39 is 18.3 Å². The summed E-state index contributed by atoms with van der Waals surface area (Å²) < 4.78 is 0. The van der Waals surface area contributed by atoms with E-state index in [-0.39, 0.29) is 29.2 Å². The van der Waals surface area contributed by atoms with Gasteiger partial charge in [-0.1, -0.05) is 56.6 Å². The van der Waals surface area contributed by atoms with Gasteiger partial charge in [0, 0.05) is 25.3 Å². The van der Waals surface area contributed by atoms with Crippen molar-refractivity contribution in [2.75, 3.05) is 6.54 Å². The summed E-state index contributed by atoms with van der Waals surface area (Å²) in [5.74, 6) is -0.603. The minimum absolute atomic E-state index is 0.0292.